The largest absolute Gasteiger partial charge is 0.289 e. The van der Waals surface area contributed by atoms with Crippen LogP contribution in [-0.2, 0) is 19.4 Å². The van der Waals surface area contributed by atoms with E-state index < -0.39 is 21.4 Å². The summed E-state index contributed by atoms with van der Waals surface area (Å²) in [6.07, 6.45) is 5.26. The Bertz CT molecular complexity index is 1200. The van der Waals surface area contributed by atoms with Gasteiger partial charge in [0.15, 0.2) is 11.6 Å². The third-order valence-electron chi connectivity index (χ3n) is 4.71. The van der Waals surface area contributed by atoms with E-state index in [-0.39, 0.29) is 15.4 Å². The van der Waals surface area contributed by atoms with E-state index in [1.54, 1.807) is 42.5 Å². The van der Waals surface area contributed by atoms with Gasteiger partial charge in [-0.1, -0.05) is 60.2 Å². The SMILES string of the molecule is Cc1ccc(C2=CC(=C3C(=O)C=CC3=O)C=C(c3ccccc3)S2(=O)=O)cc1. The molecule has 0 atom stereocenters. The fraction of sp³-hybridized carbons (Fsp3) is 0.0435. The van der Waals surface area contributed by atoms with E-state index in [0.29, 0.717) is 16.7 Å². The molecular weight excluding hydrogens is 372 g/mol. The number of allylic oxidation sites excluding steroid dienone is 6. The summed E-state index contributed by atoms with van der Waals surface area (Å²) in [5.41, 5.74) is 2.32. The van der Waals surface area contributed by atoms with Crippen LogP contribution in [0.5, 0.6) is 0 Å². The molecule has 4 nitrogen and oxygen atoms in total. The number of carbonyl (C=O) groups excluding carboxylic acids is 2. The number of aryl methyl sites for hydroxylation is 1. The molecule has 0 N–H and O–H groups in total. The Morgan fingerprint density at radius 3 is 1.71 bits per heavy atom. The third kappa shape index (κ3) is 3.00. The number of benzene rings is 2. The molecule has 0 bridgehead atoms. The Morgan fingerprint density at radius 1 is 0.679 bits per heavy atom. The lowest BCUT2D eigenvalue weighted by Gasteiger charge is -2.19. The van der Waals surface area contributed by atoms with Gasteiger partial charge in [-0.15, -0.1) is 0 Å². The monoisotopic (exact) mass is 388 g/mol. The second-order valence-corrected chi connectivity index (χ2v) is 8.53. The van der Waals surface area contributed by atoms with Gasteiger partial charge >= 0.3 is 0 Å². The van der Waals surface area contributed by atoms with Crippen LogP contribution in [0, 0.1) is 6.92 Å². The molecule has 0 aromatic heterocycles. The minimum absolute atomic E-state index is 0.00653. The molecule has 1 heterocycles. The smallest absolute Gasteiger partial charge is 0.207 e. The summed E-state index contributed by atoms with van der Waals surface area (Å²) in [5.74, 6) is -0.829. The lowest BCUT2D eigenvalue weighted by Crippen LogP contribution is -2.13. The Balaban J connectivity index is 2.01. The maximum Gasteiger partial charge on any atom is 0.207 e. The van der Waals surface area contributed by atoms with Crippen LogP contribution in [0.15, 0.2) is 90.0 Å². The highest BCUT2D eigenvalue weighted by Gasteiger charge is 2.33. The molecule has 138 valence electrons. The van der Waals surface area contributed by atoms with Gasteiger partial charge in [0.05, 0.1) is 15.4 Å². The van der Waals surface area contributed by atoms with Crippen molar-refractivity contribution in [2.45, 2.75) is 6.92 Å². The second-order valence-electron chi connectivity index (χ2n) is 6.64. The van der Waals surface area contributed by atoms with Crippen LogP contribution in [0.3, 0.4) is 0 Å². The van der Waals surface area contributed by atoms with Gasteiger partial charge in [0, 0.05) is 0 Å². The lowest BCUT2D eigenvalue weighted by molar-refractivity contribution is -0.115. The van der Waals surface area contributed by atoms with Crippen LogP contribution in [0.1, 0.15) is 16.7 Å². The molecular formula is C23H16O4S. The van der Waals surface area contributed by atoms with E-state index in [1.807, 2.05) is 19.1 Å². The molecule has 0 amide bonds. The van der Waals surface area contributed by atoms with E-state index in [2.05, 4.69) is 0 Å². The Hall–Kier alpha value is -3.31. The zero-order valence-corrected chi connectivity index (χ0v) is 15.9. The fourth-order valence-corrected chi connectivity index (χ4v) is 4.96. The van der Waals surface area contributed by atoms with Crippen LogP contribution in [0.2, 0.25) is 0 Å². The van der Waals surface area contributed by atoms with Gasteiger partial charge in [0.25, 0.3) is 0 Å². The van der Waals surface area contributed by atoms with E-state index in [0.717, 1.165) is 5.56 Å². The van der Waals surface area contributed by atoms with Crippen molar-refractivity contribution in [2.24, 2.45) is 0 Å². The summed E-state index contributed by atoms with van der Waals surface area (Å²) in [4.78, 5) is 24.5. The van der Waals surface area contributed by atoms with Gasteiger partial charge in [-0.05, 0) is 47.9 Å². The van der Waals surface area contributed by atoms with Crippen molar-refractivity contribution >= 4 is 31.2 Å². The topological polar surface area (TPSA) is 68.3 Å². The van der Waals surface area contributed by atoms with Gasteiger partial charge in [-0.3, -0.25) is 9.59 Å². The highest BCUT2D eigenvalue weighted by atomic mass is 32.2. The van der Waals surface area contributed by atoms with Crippen molar-refractivity contribution in [1.82, 2.24) is 0 Å². The van der Waals surface area contributed by atoms with Gasteiger partial charge < -0.3 is 0 Å². The second kappa shape index (κ2) is 6.69. The molecule has 5 heteroatoms. The summed E-state index contributed by atoms with van der Waals surface area (Å²) >= 11 is 0. The molecule has 4 rings (SSSR count). The first-order valence-electron chi connectivity index (χ1n) is 8.70. The Kier molecular flexibility index (Phi) is 4.32. The van der Waals surface area contributed by atoms with Crippen LogP contribution in [0.25, 0.3) is 9.81 Å². The summed E-state index contributed by atoms with van der Waals surface area (Å²) in [6.45, 7) is 1.91. The Morgan fingerprint density at radius 2 is 1.18 bits per heavy atom. The number of rotatable bonds is 2. The number of hydrogen-bond donors (Lipinski definition) is 0. The van der Waals surface area contributed by atoms with Gasteiger partial charge in [0.1, 0.15) is 0 Å². The van der Waals surface area contributed by atoms with E-state index >= 15 is 0 Å². The van der Waals surface area contributed by atoms with Crippen molar-refractivity contribution in [3.8, 4) is 0 Å². The standard InChI is InChI=1S/C23H16O4S/c1-15-7-9-17(10-8-15)22-14-18(23-19(24)11-12-20(23)25)13-21(28(22,26)27)16-5-3-2-4-6-16/h2-14H,1H3. The summed E-state index contributed by atoms with van der Waals surface area (Å²) in [6, 6.07) is 15.8. The van der Waals surface area contributed by atoms with Gasteiger partial charge in [-0.2, -0.15) is 0 Å². The zero-order chi connectivity index (χ0) is 19.9. The third-order valence-corrected chi connectivity index (χ3v) is 6.58. The molecule has 1 aliphatic carbocycles. The molecule has 0 saturated heterocycles. The van der Waals surface area contributed by atoms with Crippen molar-refractivity contribution in [2.75, 3.05) is 0 Å². The molecule has 0 radical (unpaired) electrons. The number of hydrogen-bond acceptors (Lipinski definition) is 4. The molecule has 2 aromatic carbocycles. The quantitative estimate of drug-likeness (QED) is 0.580. The molecule has 0 fully saturated rings. The maximum absolute atomic E-state index is 13.4. The fourth-order valence-electron chi connectivity index (χ4n) is 3.26. The van der Waals surface area contributed by atoms with Crippen LogP contribution >= 0.6 is 0 Å². The molecule has 2 aromatic rings. The van der Waals surface area contributed by atoms with Crippen LogP contribution in [0.4, 0.5) is 0 Å². The van der Waals surface area contributed by atoms with Crippen molar-refractivity contribution in [1.29, 1.82) is 0 Å². The maximum atomic E-state index is 13.4. The van der Waals surface area contributed by atoms with Crippen molar-refractivity contribution in [3.05, 3.63) is 107 Å². The predicted octanol–water partition coefficient (Wildman–Crippen LogP) is 3.81. The number of carbonyl (C=O) groups is 2. The highest BCUT2D eigenvalue weighted by molar-refractivity contribution is 8.09. The van der Waals surface area contributed by atoms with Crippen molar-refractivity contribution < 1.29 is 18.0 Å². The average Bonchev–Trinajstić information content (AvgIpc) is 3.02. The lowest BCUT2D eigenvalue weighted by atomic mass is 10.0. The zero-order valence-electron chi connectivity index (χ0n) is 15.0. The first-order valence-corrected chi connectivity index (χ1v) is 10.2. The van der Waals surface area contributed by atoms with Gasteiger partial charge in [0.2, 0.25) is 9.84 Å². The average molecular weight is 388 g/mol. The molecule has 1 aliphatic heterocycles. The molecule has 28 heavy (non-hydrogen) atoms. The first kappa shape index (κ1) is 18.1. The van der Waals surface area contributed by atoms with Crippen LogP contribution in [-0.4, -0.2) is 20.0 Å². The minimum Gasteiger partial charge on any atom is -0.289 e. The molecule has 0 unspecified atom stereocenters. The summed E-state index contributed by atoms with van der Waals surface area (Å²) in [7, 11) is -3.84. The number of sulfone groups is 1. The molecule has 2 aliphatic rings. The molecule has 0 spiro atoms. The van der Waals surface area contributed by atoms with E-state index in [9.17, 15) is 18.0 Å². The van der Waals surface area contributed by atoms with Crippen molar-refractivity contribution in [3.63, 3.8) is 0 Å². The number of ketones is 2. The van der Waals surface area contributed by atoms with Gasteiger partial charge in [-0.25, -0.2) is 8.42 Å². The van der Waals surface area contributed by atoms with E-state index in [1.165, 1.54) is 24.3 Å². The van der Waals surface area contributed by atoms with Crippen LogP contribution < -0.4 is 0 Å². The predicted molar refractivity (Wildman–Crippen MR) is 109 cm³/mol. The Labute approximate surface area is 163 Å². The molecule has 0 saturated carbocycles. The highest BCUT2D eigenvalue weighted by Crippen LogP contribution is 2.39. The van der Waals surface area contributed by atoms with E-state index in [4.69, 9.17) is 0 Å². The first-order chi connectivity index (χ1) is 13.4. The normalized spacial score (nSPS) is 18.3. The summed E-state index contributed by atoms with van der Waals surface area (Å²) in [5, 5.41) is 0. The summed E-state index contributed by atoms with van der Waals surface area (Å²) < 4.78 is 26.8. The minimum atomic E-state index is -3.84.